The number of esters is 1. The number of thiophene rings is 1. The Morgan fingerprint density at radius 3 is 2.63 bits per heavy atom. The fourth-order valence-corrected chi connectivity index (χ4v) is 4.72. The fraction of sp³-hybridized carbons (Fsp3) is 0.650. The van der Waals surface area contributed by atoms with Crippen LogP contribution < -0.4 is 5.56 Å². The summed E-state index contributed by atoms with van der Waals surface area (Å²) in [7, 11) is 1.61. The number of ether oxygens (including phenoxy) is 2. The van der Waals surface area contributed by atoms with Crippen LogP contribution in [0.3, 0.4) is 0 Å². The van der Waals surface area contributed by atoms with E-state index in [0.29, 0.717) is 33.8 Å². The van der Waals surface area contributed by atoms with Gasteiger partial charge in [0, 0.05) is 13.0 Å². The molecule has 0 aliphatic heterocycles. The molecule has 1 aliphatic carbocycles. The molecule has 2 aromatic rings. The molecule has 7 heteroatoms. The van der Waals surface area contributed by atoms with Crippen LogP contribution >= 0.6 is 11.3 Å². The minimum absolute atomic E-state index is 0.00610. The van der Waals surface area contributed by atoms with Crippen molar-refractivity contribution in [3.05, 3.63) is 26.6 Å². The van der Waals surface area contributed by atoms with E-state index < -0.39 is 0 Å². The number of aromatic nitrogens is 2. The van der Waals surface area contributed by atoms with Crippen molar-refractivity contribution >= 4 is 27.5 Å². The maximum Gasteiger partial charge on any atom is 0.348 e. The van der Waals surface area contributed by atoms with Gasteiger partial charge < -0.3 is 9.47 Å². The maximum atomic E-state index is 13.1. The molecule has 0 atom stereocenters. The quantitative estimate of drug-likeness (QED) is 0.694. The predicted octanol–water partition coefficient (Wildman–Crippen LogP) is 4.03. The molecule has 1 fully saturated rings. The molecule has 148 valence electrons. The van der Waals surface area contributed by atoms with Crippen LogP contribution in [0.1, 0.15) is 72.9 Å². The molecule has 27 heavy (non-hydrogen) atoms. The van der Waals surface area contributed by atoms with E-state index in [1.807, 2.05) is 20.8 Å². The van der Waals surface area contributed by atoms with Crippen LogP contribution in [-0.4, -0.2) is 35.3 Å². The highest BCUT2D eigenvalue weighted by Gasteiger charge is 2.25. The van der Waals surface area contributed by atoms with E-state index in [9.17, 15) is 9.59 Å². The lowest BCUT2D eigenvalue weighted by Gasteiger charge is -2.21. The Labute approximate surface area is 163 Å². The van der Waals surface area contributed by atoms with Gasteiger partial charge in [0.2, 0.25) is 0 Å². The zero-order valence-electron chi connectivity index (χ0n) is 16.5. The number of hydrogen-bond acceptors (Lipinski definition) is 6. The van der Waals surface area contributed by atoms with E-state index in [1.165, 1.54) is 17.8 Å². The summed E-state index contributed by atoms with van der Waals surface area (Å²) in [5.74, 6) is 0.494. The third kappa shape index (κ3) is 4.09. The summed E-state index contributed by atoms with van der Waals surface area (Å²) >= 11 is 1.27. The van der Waals surface area contributed by atoms with E-state index in [2.05, 4.69) is 0 Å². The Bertz CT molecular complexity index is 878. The number of hydrogen-bond donors (Lipinski definition) is 0. The first-order chi connectivity index (χ1) is 12.9. The lowest BCUT2D eigenvalue weighted by Crippen LogP contribution is -2.27. The Morgan fingerprint density at radius 2 is 2.00 bits per heavy atom. The molecule has 0 saturated heterocycles. The topological polar surface area (TPSA) is 70.4 Å². The van der Waals surface area contributed by atoms with Gasteiger partial charge in [-0.3, -0.25) is 9.36 Å². The number of nitrogens with zero attached hydrogens (tertiary/aromatic N) is 2. The van der Waals surface area contributed by atoms with Gasteiger partial charge >= 0.3 is 5.97 Å². The van der Waals surface area contributed by atoms with E-state index >= 15 is 0 Å². The van der Waals surface area contributed by atoms with Crippen molar-refractivity contribution in [1.82, 2.24) is 9.55 Å². The molecular weight excluding hydrogens is 364 g/mol. The molecule has 2 aromatic heterocycles. The number of methoxy groups -OCH3 is 1. The van der Waals surface area contributed by atoms with Crippen LogP contribution in [-0.2, 0) is 16.0 Å². The first-order valence-electron chi connectivity index (χ1n) is 9.67. The van der Waals surface area contributed by atoms with E-state index in [1.54, 1.807) is 11.7 Å². The standard InChI is InChI=1S/C20H28N2O4S/c1-12(2)17-21-18-15(19(23)22(17)10-11-25-4)13(3)16(27-18)20(24)26-14-8-6-5-7-9-14/h12,14H,5-11H2,1-4H3. The van der Waals surface area contributed by atoms with Crippen molar-refractivity contribution < 1.29 is 14.3 Å². The van der Waals surface area contributed by atoms with Gasteiger partial charge in [0.25, 0.3) is 5.56 Å². The largest absolute Gasteiger partial charge is 0.458 e. The normalized spacial score (nSPS) is 15.6. The van der Waals surface area contributed by atoms with Crippen LogP contribution in [0.15, 0.2) is 4.79 Å². The minimum atomic E-state index is -0.323. The Hall–Kier alpha value is -1.73. The smallest absolute Gasteiger partial charge is 0.348 e. The van der Waals surface area contributed by atoms with Gasteiger partial charge in [-0.15, -0.1) is 11.3 Å². The van der Waals surface area contributed by atoms with Gasteiger partial charge in [0.15, 0.2) is 0 Å². The summed E-state index contributed by atoms with van der Waals surface area (Å²) in [4.78, 5) is 31.7. The van der Waals surface area contributed by atoms with Crippen molar-refractivity contribution in [3.63, 3.8) is 0 Å². The van der Waals surface area contributed by atoms with Crippen molar-refractivity contribution in [2.45, 2.75) is 71.4 Å². The average Bonchev–Trinajstić information content (AvgIpc) is 2.98. The molecule has 0 spiro atoms. The van der Waals surface area contributed by atoms with Crippen LogP contribution in [0.5, 0.6) is 0 Å². The van der Waals surface area contributed by atoms with Gasteiger partial charge in [-0.2, -0.15) is 0 Å². The lowest BCUT2D eigenvalue weighted by atomic mass is 9.98. The second kappa shape index (κ2) is 8.52. The molecule has 1 saturated carbocycles. The molecule has 1 aliphatic rings. The molecule has 0 radical (unpaired) electrons. The van der Waals surface area contributed by atoms with Crippen LogP contribution in [0.25, 0.3) is 10.2 Å². The lowest BCUT2D eigenvalue weighted by molar-refractivity contribution is 0.0216. The second-order valence-electron chi connectivity index (χ2n) is 7.48. The van der Waals surface area contributed by atoms with Crippen molar-refractivity contribution in [1.29, 1.82) is 0 Å². The molecule has 3 rings (SSSR count). The van der Waals surface area contributed by atoms with Gasteiger partial charge in [0.05, 0.1) is 18.5 Å². The van der Waals surface area contributed by atoms with E-state index in [0.717, 1.165) is 31.5 Å². The third-order valence-corrected chi connectivity index (χ3v) is 6.29. The van der Waals surface area contributed by atoms with Crippen LogP contribution in [0, 0.1) is 6.92 Å². The van der Waals surface area contributed by atoms with Crippen molar-refractivity contribution in [3.8, 4) is 0 Å². The third-order valence-electron chi connectivity index (χ3n) is 5.13. The second-order valence-corrected chi connectivity index (χ2v) is 8.48. The van der Waals surface area contributed by atoms with Crippen LogP contribution in [0.4, 0.5) is 0 Å². The predicted molar refractivity (Wildman–Crippen MR) is 107 cm³/mol. The number of rotatable bonds is 6. The Morgan fingerprint density at radius 1 is 1.30 bits per heavy atom. The van der Waals surface area contributed by atoms with Crippen molar-refractivity contribution in [2.24, 2.45) is 0 Å². The number of carbonyl (C=O) groups is 1. The zero-order chi connectivity index (χ0) is 19.6. The fourth-order valence-electron chi connectivity index (χ4n) is 3.65. The summed E-state index contributed by atoms with van der Waals surface area (Å²) < 4.78 is 12.5. The average molecular weight is 393 g/mol. The minimum Gasteiger partial charge on any atom is -0.458 e. The number of aryl methyl sites for hydroxylation is 1. The highest BCUT2D eigenvalue weighted by molar-refractivity contribution is 7.20. The summed E-state index contributed by atoms with van der Waals surface area (Å²) in [5.41, 5.74) is 0.570. The molecule has 0 amide bonds. The Balaban J connectivity index is 2.01. The van der Waals surface area contributed by atoms with E-state index in [-0.39, 0.29) is 23.6 Å². The SMILES string of the molecule is COCCn1c(C(C)C)nc2sc(C(=O)OC3CCCCC3)c(C)c2c1=O. The maximum absolute atomic E-state index is 13.1. The summed E-state index contributed by atoms with van der Waals surface area (Å²) in [6, 6.07) is 0. The monoisotopic (exact) mass is 392 g/mol. The Kier molecular flexibility index (Phi) is 6.32. The van der Waals surface area contributed by atoms with Gasteiger partial charge in [-0.1, -0.05) is 20.3 Å². The molecule has 0 aromatic carbocycles. The van der Waals surface area contributed by atoms with Crippen LogP contribution in [0.2, 0.25) is 0 Å². The molecule has 6 nitrogen and oxygen atoms in total. The highest BCUT2D eigenvalue weighted by Crippen LogP contribution is 2.30. The molecule has 0 N–H and O–H groups in total. The molecule has 0 unspecified atom stereocenters. The van der Waals surface area contributed by atoms with Gasteiger partial charge in [-0.05, 0) is 38.2 Å². The van der Waals surface area contributed by atoms with Gasteiger partial charge in [-0.25, -0.2) is 9.78 Å². The first-order valence-corrected chi connectivity index (χ1v) is 10.5. The summed E-state index contributed by atoms with van der Waals surface area (Å²) in [6.45, 7) is 6.72. The first kappa shape index (κ1) is 20.0. The summed E-state index contributed by atoms with van der Waals surface area (Å²) in [5, 5.41) is 0.524. The summed E-state index contributed by atoms with van der Waals surface area (Å²) in [6.07, 6.45) is 5.26. The number of fused-ring (bicyclic) bond motifs is 1. The highest BCUT2D eigenvalue weighted by atomic mass is 32.1. The van der Waals surface area contributed by atoms with E-state index in [4.69, 9.17) is 14.5 Å². The molecule has 0 bridgehead atoms. The van der Waals surface area contributed by atoms with Gasteiger partial charge in [0.1, 0.15) is 21.6 Å². The molecular formula is C20H28N2O4S. The van der Waals surface area contributed by atoms with Crippen molar-refractivity contribution in [2.75, 3.05) is 13.7 Å². The molecule has 2 heterocycles. The zero-order valence-corrected chi connectivity index (χ0v) is 17.4. The number of carbonyl (C=O) groups excluding carboxylic acids is 1.